The standard InChI is InChI=1S/C24H29N6O3P/c1-4-33-19-10-20(24-18(11-25)13-27-30(24)14-19)17-5-6-21(26-12-17)29-8-7-23(34(32)15-29)28-22(31)9-16(2)3/h5-6,10,12-14,16,23,32H,4,7-9,15H2,1-3H3,(H,28,31)/t23-,34?/m1/s1. The third kappa shape index (κ3) is 5.14. The SMILES string of the molecule is CCOc1cc(-c2ccc(N3CC[C@H](NC(=O)CC(C)C)P(O)C3)nc2)c2c(C#N)cnn2c1. The molecular formula is C24H29N6O3P. The van der Waals surface area contributed by atoms with Gasteiger partial charge in [-0.25, -0.2) is 9.50 Å². The molecule has 2 N–H and O–H groups in total. The number of hydrogen-bond donors (Lipinski definition) is 2. The lowest BCUT2D eigenvalue weighted by molar-refractivity contribution is -0.122. The first-order chi connectivity index (χ1) is 16.4. The molecular weight excluding hydrogens is 451 g/mol. The van der Waals surface area contributed by atoms with E-state index in [2.05, 4.69) is 21.5 Å². The van der Waals surface area contributed by atoms with E-state index < -0.39 is 8.15 Å². The molecule has 4 heterocycles. The van der Waals surface area contributed by atoms with Crippen molar-refractivity contribution in [3.63, 3.8) is 0 Å². The van der Waals surface area contributed by atoms with Crippen molar-refractivity contribution in [3.05, 3.63) is 42.4 Å². The van der Waals surface area contributed by atoms with Gasteiger partial charge in [-0.3, -0.25) is 4.79 Å². The molecule has 34 heavy (non-hydrogen) atoms. The van der Waals surface area contributed by atoms with Crippen LogP contribution < -0.4 is 15.0 Å². The van der Waals surface area contributed by atoms with Gasteiger partial charge in [0.05, 0.1) is 50.3 Å². The number of nitrogens with zero attached hydrogens (tertiary/aromatic N) is 5. The predicted molar refractivity (Wildman–Crippen MR) is 132 cm³/mol. The van der Waals surface area contributed by atoms with Crippen LogP contribution in [0, 0.1) is 17.2 Å². The molecule has 178 valence electrons. The second-order valence-corrected chi connectivity index (χ2v) is 10.5. The van der Waals surface area contributed by atoms with Crippen LogP contribution in [0.1, 0.15) is 39.2 Å². The molecule has 0 spiro atoms. The van der Waals surface area contributed by atoms with Gasteiger partial charge >= 0.3 is 0 Å². The van der Waals surface area contributed by atoms with Gasteiger partial charge in [0.1, 0.15) is 17.6 Å². The van der Waals surface area contributed by atoms with Crippen LogP contribution in [-0.4, -0.2) is 50.6 Å². The highest BCUT2D eigenvalue weighted by atomic mass is 31.1. The largest absolute Gasteiger partial charge is 0.492 e. The van der Waals surface area contributed by atoms with Crippen molar-refractivity contribution in [3.8, 4) is 22.9 Å². The zero-order valence-electron chi connectivity index (χ0n) is 19.6. The number of fused-ring (bicyclic) bond motifs is 1. The third-order valence-corrected chi connectivity index (χ3v) is 7.41. The molecule has 1 fully saturated rings. The van der Waals surface area contributed by atoms with Crippen molar-refractivity contribution in [2.24, 2.45) is 5.92 Å². The zero-order valence-corrected chi connectivity index (χ0v) is 20.5. The lowest BCUT2D eigenvalue weighted by Crippen LogP contribution is -2.43. The van der Waals surface area contributed by atoms with Crippen LogP contribution in [0.15, 0.2) is 36.8 Å². The van der Waals surface area contributed by atoms with Gasteiger partial charge < -0.3 is 19.8 Å². The fraction of sp³-hybridized carbons (Fsp3) is 0.417. The quantitative estimate of drug-likeness (QED) is 0.495. The van der Waals surface area contributed by atoms with Crippen molar-refractivity contribution in [1.82, 2.24) is 19.9 Å². The van der Waals surface area contributed by atoms with Crippen LogP contribution in [-0.2, 0) is 4.79 Å². The maximum Gasteiger partial charge on any atom is 0.220 e. The maximum absolute atomic E-state index is 12.1. The lowest BCUT2D eigenvalue weighted by atomic mass is 10.1. The van der Waals surface area contributed by atoms with E-state index in [1.165, 1.54) is 0 Å². The molecule has 1 saturated heterocycles. The number of pyridine rings is 2. The predicted octanol–water partition coefficient (Wildman–Crippen LogP) is 3.71. The average Bonchev–Trinajstić information content (AvgIpc) is 3.23. The van der Waals surface area contributed by atoms with Gasteiger partial charge in [-0.1, -0.05) is 13.8 Å². The van der Waals surface area contributed by atoms with E-state index in [1.807, 2.05) is 43.9 Å². The van der Waals surface area contributed by atoms with Crippen LogP contribution in [0.3, 0.4) is 0 Å². The Bertz CT molecular complexity index is 1200. The molecule has 0 aromatic carbocycles. The first-order valence-corrected chi connectivity index (χ1v) is 12.9. The van der Waals surface area contributed by atoms with Gasteiger partial charge in [-0.15, -0.1) is 0 Å². The Kier molecular flexibility index (Phi) is 7.30. The number of hydrogen-bond acceptors (Lipinski definition) is 7. The second kappa shape index (κ2) is 10.4. The summed E-state index contributed by atoms with van der Waals surface area (Å²) in [5, 5.41) is 16.8. The molecule has 1 unspecified atom stereocenters. The van der Waals surface area contributed by atoms with Gasteiger partial charge in [0.2, 0.25) is 5.91 Å². The van der Waals surface area contributed by atoms with Crippen molar-refractivity contribution < 1.29 is 14.4 Å². The van der Waals surface area contributed by atoms with E-state index in [9.17, 15) is 14.9 Å². The number of nitriles is 1. The molecule has 0 radical (unpaired) electrons. The summed E-state index contributed by atoms with van der Waals surface area (Å²) < 4.78 is 7.34. The molecule has 4 rings (SSSR count). The summed E-state index contributed by atoms with van der Waals surface area (Å²) in [6.07, 6.45) is 6.68. The van der Waals surface area contributed by atoms with E-state index in [1.54, 1.807) is 23.1 Å². The van der Waals surface area contributed by atoms with Crippen molar-refractivity contribution >= 4 is 25.4 Å². The summed E-state index contributed by atoms with van der Waals surface area (Å²) >= 11 is 0. The fourth-order valence-electron chi connectivity index (χ4n) is 4.10. The van der Waals surface area contributed by atoms with Crippen LogP contribution in [0.4, 0.5) is 5.82 Å². The number of carbonyl (C=O) groups is 1. The fourth-order valence-corrected chi connectivity index (χ4v) is 5.64. The Morgan fingerprint density at radius 2 is 2.24 bits per heavy atom. The summed E-state index contributed by atoms with van der Waals surface area (Å²) in [5.41, 5.74) is 2.84. The highest BCUT2D eigenvalue weighted by Gasteiger charge is 2.30. The van der Waals surface area contributed by atoms with E-state index in [0.29, 0.717) is 49.1 Å². The monoisotopic (exact) mass is 480 g/mol. The Hall–Kier alpha value is -3.21. The van der Waals surface area contributed by atoms with Crippen molar-refractivity contribution in [2.75, 3.05) is 24.3 Å². The van der Waals surface area contributed by atoms with E-state index in [4.69, 9.17) is 4.74 Å². The smallest absolute Gasteiger partial charge is 0.220 e. The number of amides is 1. The molecule has 0 aliphatic carbocycles. The molecule has 1 amide bonds. The Labute approximate surface area is 200 Å². The summed E-state index contributed by atoms with van der Waals surface area (Å²) in [5.74, 6) is 1.53. The average molecular weight is 481 g/mol. The maximum atomic E-state index is 12.1. The minimum Gasteiger partial charge on any atom is -0.492 e. The summed E-state index contributed by atoms with van der Waals surface area (Å²) in [4.78, 5) is 29.5. The molecule has 2 atom stereocenters. The highest BCUT2D eigenvalue weighted by molar-refractivity contribution is 7.52. The van der Waals surface area contributed by atoms with Gasteiger partial charge in [0, 0.05) is 30.3 Å². The summed E-state index contributed by atoms with van der Waals surface area (Å²) in [6.45, 7) is 7.14. The highest BCUT2D eigenvalue weighted by Crippen LogP contribution is 2.42. The van der Waals surface area contributed by atoms with Crippen LogP contribution in [0.25, 0.3) is 16.6 Å². The number of rotatable bonds is 7. The summed E-state index contributed by atoms with van der Waals surface area (Å²) in [6, 6.07) is 7.97. The molecule has 10 heteroatoms. The number of aromatic nitrogens is 3. The normalized spacial score (nSPS) is 18.2. The van der Waals surface area contributed by atoms with Gasteiger partial charge in [0.15, 0.2) is 0 Å². The molecule has 1 aliphatic rings. The Morgan fingerprint density at radius 3 is 2.88 bits per heavy atom. The first-order valence-electron chi connectivity index (χ1n) is 11.4. The molecule has 0 saturated carbocycles. The number of nitrogens with one attached hydrogen (secondary N) is 1. The van der Waals surface area contributed by atoms with E-state index >= 15 is 0 Å². The first kappa shape index (κ1) is 23.9. The van der Waals surface area contributed by atoms with E-state index in [0.717, 1.165) is 16.9 Å². The zero-order chi connectivity index (χ0) is 24.2. The minimum absolute atomic E-state index is 0.00492. The topological polar surface area (TPSA) is 116 Å². The Morgan fingerprint density at radius 1 is 1.41 bits per heavy atom. The van der Waals surface area contributed by atoms with E-state index in [-0.39, 0.29) is 17.6 Å². The second-order valence-electron chi connectivity index (χ2n) is 8.71. The lowest BCUT2D eigenvalue weighted by Gasteiger charge is -2.36. The van der Waals surface area contributed by atoms with Crippen molar-refractivity contribution in [2.45, 2.75) is 39.4 Å². The van der Waals surface area contributed by atoms with Crippen molar-refractivity contribution in [1.29, 1.82) is 5.26 Å². The number of carbonyl (C=O) groups excluding carboxylic acids is 1. The summed E-state index contributed by atoms with van der Waals surface area (Å²) in [7, 11) is -1.37. The van der Waals surface area contributed by atoms with Crippen LogP contribution in [0.5, 0.6) is 5.75 Å². The molecule has 9 nitrogen and oxygen atoms in total. The minimum atomic E-state index is -1.37. The molecule has 3 aromatic heterocycles. The Balaban J connectivity index is 1.52. The molecule has 3 aromatic rings. The van der Waals surface area contributed by atoms with Crippen LogP contribution in [0.2, 0.25) is 0 Å². The molecule has 1 aliphatic heterocycles. The number of anilines is 1. The third-order valence-electron chi connectivity index (χ3n) is 5.67. The van der Waals surface area contributed by atoms with Gasteiger partial charge in [-0.05, 0) is 37.5 Å². The number of ether oxygens (including phenoxy) is 1. The molecule has 0 bridgehead atoms. The van der Waals surface area contributed by atoms with Gasteiger partial charge in [-0.2, -0.15) is 10.4 Å². The van der Waals surface area contributed by atoms with Gasteiger partial charge in [0.25, 0.3) is 0 Å². The van der Waals surface area contributed by atoms with Crippen LogP contribution >= 0.6 is 8.15 Å².